The Bertz CT molecular complexity index is 650. The molecule has 0 amide bonds. The highest BCUT2D eigenvalue weighted by Crippen LogP contribution is 2.53. The number of unbranched alkanes of at least 4 members (excludes halogenated alkanes) is 1. The number of nitrogens with two attached hydrogens (primary N) is 1. The highest BCUT2D eigenvalue weighted by atomic mass is 16.7. The van der Waals surface area contributed by atoms with E-state index in [1.807, 2.05) is 13.8 Å². The number of aliphatic hydroxyl groups excluding tert-OH is 3. The zero-order valence-corrected chi connectivity index (χ0v) is 18.9. The average Bonchev–Trinajstić information content (AvgIpc) is 2.75. The summed E-state index contributed by atoms with van der Waals surface area (Å²) in [6, 6.07) is -0.670. The molecule has 2 rings (SSSR count). The molecule has 1 aliphatic carbocycles. The first-order valence-corrected chi connectivity index (χ1v) is 10.9. The van der Waals surface area contributed by atoms with Crippen molar-refractivity contribution in [3.63, 3.8) is 0 Å². The van der Waals surface area contributed by atoms with Crippen molar-refractivity contribution in [3.8, 4) is 0 Å². The van der Waals surface area contributed by atoms with E-state index in [2.05, 4.69) is 13.8 Å². The molecule has 8 nitrogen and oxygen atoms in total. The Kier molecular flexibility index (Phi) is 7.54. The van der Waals surface area contributed by atoms with E-state index >= 15 is 0 Å². The molecule has 30 heavy (non-hydrogen) atoms. The van der Waals surface area contributed by atoms with Gasteiger partial charge in [0.15, 0.2) is 11.6 Å². The van der Waals surface area contributed by atoms with E-state index in [0.717, 1.165) is 19.3 Å². The molecular weight excluding hydrogens is 388 g/mol. The van der Waals surface area contributed by atoms with Crippen LogP contribution in [0.3, 0.4) is 0 Å². The molecule has 7 unspecified atom stereocenters. The van der Waals surface area contributed by atoms with Crippen LogP contribution in [0.25, 0.3) is 0 Å². The first-order chi connectivity index (χ1) is 13.7. The van der Waals surface area contributed by atoms with Gasteiger partial charge in [0.2, 0.25) is 0 Å². The Morgan fingerprint density at radius 3 is 2.33 bits per heavy atom. The molecule has 0 aromatic rings. The van der Waals surface area contributed by atoms with Gasteiger partial charge >= 0.3 is 0 Å². The number of ketones is 1. The molecule has 2 aliphatic rings. The highest BCUT2D eigenvalue weighted by Gasteiger charge is 2.69. The van der Waals surface area contributed by atoms with Gasteiger partial charge in [0.1, 0.15) is 0 Å². The van der Waals surface area contributed by atoms with Crippen LogP contribution in [0.5, 0.6) is 0 Å². The number of rotatable bonds is 11. The number of aliphatic hydroxyl groups is 4. The smallest absolute Gasteiger partial charge is 0.193 e. The van der Waals surface area contributed by atoms with Crippen LogP contribution in [0.2, 0.25) is 0 Å². The molecule has 174 valence electrons. The molecule has 7 N–H and O–H groups in total. The van der Waals surface area contributed by atoms with Crippen molar-refractivity contribution in [2.45, 2.75) is 96.9 Å². The van der Waals surface area contributed by atoms with Gasteiger partial charge in [0.05, 0.1) is 48.5 Å². The van der Waals surface area contributed by atoms with E-state index in [1.54, 1.807) is 6.92 Å². The summed E-state index contributed by atoms with van der Waals surface area (Å²) in [5, 5.41) is 48.4. The van der Waals surface area contributed by atoms with Crippen molar-refractivity contribution in [3.05, 3.63) is 0 Å². The SMILES string of the molecule is CC(N)C(=O)C(=N)C(C)(C)CC(C)(C)CCCCC1OC2(O)C(CO)C(O)C(O)C12. The predicted molar refractivity (Wildman–Crippen MR) is 113 cm³/mol. The van der Waals surface area contributed by atoms with Crippen LogP contribution in [0.4, 0.5) is 0 Å². The van der Waals surface area contributed by atoms with E-state index in [4.69, 9.17) is 15.9 Å². The largest absolute Gasteiger partial charge is 0.396 e. The minimum atomic E-state index is -1.64. The number of nitrogens with one attached hydrogen (secondary N) is 1. The van der Waals surface area contributed by atoms with Gasteiger partial charge in [0, 0.05) is 5.41 Å². The maximum atomic E-state index is 12.1. The summed E-state index contributed by atoms with van der Waals surface area (Å²) in [6.07, 6.45) is 1.31. The summed E-state index contributed by atoms with van der Waals surface area (Å²) in [5.74, 6) is -3.43. The minimum Gasteiger partial charge on any atom is -0.396 e. The summed E-state index contributed by atoms with van der Waals surface area (Å²) in [7, 11) is 0. The topological polar surface area (TPSA) is 157 Å². The first-order valence-electron chi connectivity index (χ1n) is 10.9. The third-order valence-electron chi connectivity index (χ3n) is 6.93. The zero-order chi connectivity index (χ0) is 23.1. The standard InChI is InChI=1S/C22H40N2O6/c1-12(23)16(26)19(24)21(4,5)11-20(2,3)9-7-6-8-14-15-18(28)17(27)13(10-25)22(15,29)30-14/h12-15,17-18,24-25,27-29H,6-11,23H2,1-5H3. The molecule has 1 heterocycles. The Morgan fingerprint density at radius 1 is 1.20 bits per heavy atom. The molecule has 1 saturated carbocycles. The zero-order valence-electron chi connectivity index (χ0n) is 18.9. The van der Waals surface area contributed by atoms with Gasteiger partial charge in [-0.25, -0.2) is 0 Å². The van der Waals surface area contributed by atoms with Crippen molar-refractivity contribution in [2.75, 3.05) is 6.61 Å². The summed E-state index contributed by atoms with van der Waals surface area (Å²) in [4.78, 5) is 12.1. The molecule has 2 fully saturated rings. The first kappa shape index (κ1) is 25.4. The van der Waals surface area contributed by atoms with Crippen LogP contribution in [0.15, 0.2) is 0 Å². The van der Waals surface area contributed by atoms with Crippen molar-refractivity contribution in [1.29, 1.82) is 5.41 Å². The fraction of sp³-hybridized carbons (Fsp3) is 0.909. The van der Waals surface area contributed by atoms with Crippen LogP contribution >= 0.6 is 0 Å². The van der Waals surface area contributed by atoms with Gasteiger partial charge in [-0.15, -0.1) is 0 Å². The fourth-order valence-corrected chi connectivity index (χ4v) is 5.44. The van der Waals surface area contributed by atoms with Crippen molar-refractivity contribution in [1.82, 2.24) is 0 Å². The van der Waals surface area contributed by atoms with E-state index < -0.39 is 47.9 Å². The molecule has 1 aliphatic heterocycles. The number of ether oxygens (including phenoxy) is 1. The monoisotopic (exact) mass is 428 g/mol. The van der Waals surface area contributed by atoms with Crippen molar-refractivity contribution in [2.24, 2.45) is 28.4 Å². The minimum absolute atomic E-state index is 0.0694. The second kappa shape index (κ2) is 8.92. The lowest BCUT2D eigenvalue weighted by atomic mass is 9.69. The van der Waals surface area contributed by atoms with Crippen LogP contribution in [-0.4, -0.2) is 68.7 Å². The molecule has 0 bridgehead atoms. The number of carbonyl (C=O) groups is 1. The Morgan fingerprint density at radius 2 is 1.80 bits per heavy atom. The maximum Gasteiger partial charge on any atom is 0.193 e. The maximum absolute atomic E-state index is 12.1. The van der Waals surface area contributed by atoms with Gasteiger partial charge in [-0.05, 0) is 31.6 Å². The van der Waals surface area contributed by atoms with Crippen LogP contribution in [-0.2, 0) is 9.53 Å². The van der Waals surface area contributed by atoms with Gasteiger partial charge < -0.3 is 36.3 Å². The third-order valence-corrected chi connectivity index (χ3v) is 6.93. The Balaban J connectivity index is 1.82. The van der Waals surface area contributed by atoms with E-state index in [9.17, 15) is 25.2 Å². The molecular formula is C22H40N2O6. The van der Waals surface area contributed by atoms with Crippen LogP contribution < -0.4 is 5.73 Å². The number of fused-ring (bicyclic) bond motifs is 1. The predicted octanol–water partition coefficient (Wildman–Crippen LogP) is 0.973. The number of Topliss-reactive ketones (excluding diaryl/α,β-unsaturated/α-hetero) is 1. The second-order valence-corrected chi connectivity index (χ2v) is 10.7. The molecule has 0 spiro atoms. The summed E-state index contributed by atoms with van der Waals surface area (Å²) in [6.45, 7) is 9.22. The normalized spacial score (nSPS) is 34.9. The second-order valence-electron chi connectivity index (χ2n) is 10.7. The molecule has 1 saturated heterocycles. The molecule has 7 atom stereocenters. The Hall–Kier alpha value is -0.900. The van der Waals surface area contributed by atoms with E-state index in [-0.39, 0.29) is 23.0 Å². The molecule has 0 aromatic carbocycles. The summed E-state index contributed by atoms with van der Waals surface area (Å²) < 4.78 is 5.59. The van der Waals surface area contributed by atoms with Crippen LogP contribution in [0, 0.1) is 28.1 Å². The average molecular weight is 429 g/mol. The quantitative estimate of drug-likeness (QED) is 0.211. The Labute approximate surface area is 179 Å². The highest BCUT2D eigenvalue weighted by molar-refractivity contribution is 6.42. The summed E-state index contributed by atoms with van der Waals surface area (Å²) >= 11 is 0. The molecule has 0 aromatic heterocycles. The van der Waals surface area contributed by atoms with Gasteiger partial charge in [-0.2, -0.15) is 0 Å². The fourth-order valence-electron chi connectivity index (χ4n) is 5.44. The lowest BCUT2D eigenvalue weighted by Gasteiger charge is -2.50. The van der Waals surface area contributed by atoms with E-state index in [1.165, 1.54) is 0 Å². The van der Waals surface area contributed by atoms with Gasteiger partial charge in [0.25, 0.3) is 0 Å². The van der Waals surface area contributed by atoms with Crippen molar-refractivity contribution >= 4 is 11.5 Å². The van der Waals surface area contributed by atoms with Gasteiger partial charge in [-0.1, -0.05) is 40.5 Å². The lowest BCUT2D eigenvalue weighted by molar-refractivity contribution is -0.381. The number of hydrogen-bond acceptors (Lipinski definition) is 8. The number of carbonyl (C=O) groups excluding carboxylic acids is 1. The van der Waals surface area contributed by atoms with E-state index in [0.29, 0.717) is 12.8 Å². The van der Waals surface area contributed by atoms with Crippen LogP contribution in [0.1, 0.15) is 66.7 Å². The molecule has 8 heteroatoms. The third kappa shape index (κ3) is 4.79. The summed E-state index contributed by atoms with van der Waals surface area (Å²) in [5.41, 5.74) is 5.08. The molecule has 0 radical (unpaired) electrons. The lowest BCUT2D eigenvalue weighted by Crippen LogP contribution is -2.62. The number of hydrogen-bond donors (Lipinski definition) is 6. The van der Waals surface area contributed by atoms with Gasteiger partial charge in [-0.3, -0.25) is 4.79 Å². The van der Waals surface area contributed by atoms with Crippen molar-refractivity contribution < 1.29 is 30.0 Å².